The minimum Gasteiger partial charge on any atom is -0.508 e. The van der Waals surface area contributed by atoms with Crippen molar-refractivity contribution in [2.24, 2.45) is 0 Å². The number of hydrogen-bond acceptors (Lipinski definition) is 9. The van der Waals surface area contributed by atoms with Crippen LogP contribution in [-0.4, -0.2) is 75.1 Å². The lowest BCUT2D eigenvalue weighted by Crippen LogP contribution is -2.60. The van der Waals surface area contributed by atoms with Crippen LogP contribution in [0.25, 0.3) is 12.2 Å². The Balaban J connectivity index is 1.77. The maximum absolute atomic E-state index is 10.1. The Labute approximate surface area is 172 Å². The molecule has 1 aliphatic rings. The first kappa shape index (κ1) is 21.9. The van der Waals surface area contributed by atoms with Crippen molar-refractivity contribution in [2.45, 2.75) is 30.7 Å². The maximum Gasteiger partial charge on any atom is 0.229 e. The molecule has 1 saturated heterocycles. The van der Waals surface area contributed by atoms with E-state index in [1.165, 1.54) is 25.3 Å². The zero-order valence-electron chi connectivity index (χ0n) is 16.1. The average molecular weight is 420 g/mol. The first-order chi connectivity index (χ1) is 14.3. The number of phenolic OH excluding ortho intramolecular Hbond substituents is 2. The van der Waals surface area contributed by atoms with Gasteiger partial charge in [-0.2, -0.15) is 0 Å². The number of ether oxygens (including phenoxy) is 3. The van der Waals surface area contributed by atoms with Gasteiger partial charge in [0.2, 0.25) is 6.29 Å². The molecule has 30 heavy (non-hydrogen) atoms. The average Bonchev–Trinajstić information content (AvgIpc) is 2.72. The van der Waals surface area contributed by atoms with E-state index in [0.717, 1.165) is 0 Å². The van der Waals surface area contributed by atoms with Crippen LogP contribution in [0.5, 0.6) is 23.0 Å². The molecule has 0 aliphatic carbocycles. The largest absolute Gasteiger partial charge is 0.508 e. The molecule has 0 saturated carbocycles. The van der Waals surface area contributed by atoms with Gasteiger partial charge in [0.1, 0.15) is 35.9 Å². The summed E-state index contributed by atoms with van der Waals surface area (Å²) in [4.78, 5) is 0. The summed E-state index contributed by atoms with van der Waals surface area (Å²) in [5.74, 6) is 0.354. The third-order valence-corrected chi connectivity index (χ3v) is 4.69. The summed E-state index contributed by atoms with van der Waals surface area (Å²) in [6.45, 7) is -0.576. The third kappa shape index (κ3) is 4.84. The van der Waals surface area contributed by atoms with Crippen LogP contribution < -0.4 is 9.47 Å². The lowest BCUT2D eigenvalue weighted by atomic mass is 9.99. The predicted molar refractivity (Wildman–Crippen MR) is 106 cm³/mol. The molecule has 0 amide bonds. The van der Waals surface area contributed by atoms with Crippen molar-refractivity contribution < 1.29 is 44.8 Å². The first-order valence-corrected chi connectivity index (χ1v) is 9.18. The molecule has 162 valence electrons. The fourth-order valence-corrected chi connectivity index (χ4v) is 3.07. The van der Waals surface area contributed by atoms with Crippen LogP contribution in [0.1, 0.15) is 11.1 Å². The fourth-order valence-electron chi connectivity index (χ4n) is 3.07. The van der Waals surface area contributed by atoms with Gasteiger partial charge in [-0.25, -0.2) is 0 Å². The molecule has 0 bridgehead atoms. The summed E-state index contributed by atoms with van der Waals surface area (Å²) < 4.78 is 15.8. The Bertz CT molecular complexity index is 896. The van der Waals surface area contributed by atoms with Crippen molar-refractivity contribution in [2.75, 3.05) is 13.7 Å². The number of rotatable bonds is 6. The summed E-state index contributed by atoms with van der Waals surface area (Å²) in [5, 5.41) is 58.9. The van der Waals surface area contributed by atoms with E-state index in [0.29, 0.717) is 16.9 Å². The van der Waals surface area contributed by atoms with E-state index < -0.39 is 37.3 Å². The van der Waals surface area contributed by atoms with Crippen molar-refractivity contribution in [3.05, 3.63) is 47.5 Å². The van der Waals surface area contributed by atoms with Crippen molar-refractivity contribution >= 4 is 12.2 Å². The molecule has 2 aromatic rings. The quantitative estimate of drug-likeness (QED) is 0.366. The normalized spacial score (nSPS) is 26.6. The fraction of sp³-hybridized carbons (Fsp3) is 0.333. The SMILES string of the molecule is COc1ccc(/C=C\c2cc(O)cc(O[C@H]3O[C@@H](CO)[C@@H](O)[C@H](O)[C@H]3O)c2)cc1O. The van der Waals surface area contributed by atoms with Gasteiger partial charge >= 0.3 is 0 Å². The van der Waals surface area contributed by atoms with Crippen molar-refractivity contribution in [3.63, 3.8) is 0 Å². The topological polar surface area (TPSA) is 149 Å². The highest BCUT2D eigenvalue weighted by Crippen LogP contribution is 2.30. The lowest BCUT2D eigenvalue weighted by molar-refractivity contribution is -0.277. The van der Waals surface area contributed by atoms with Crippen molar-refractivity contribution in [1.82, 2.24) is 0 Å². The van der Waals surface area contributed by atoms with Gasteiger partial charge in [-0.1, -0.05) is 18.2 Å². The van der Waals surface area contributed by atoms with E-state index in [2.05, 4.69) is 0 Å². The number of phenols is 2. The molecule has 1 aliphatic heterocycles. The number of benzene rings is 2. The molecule has 9 nitrogen and oxygen atoms in total. The molecule has 5 atom stereocenters. The van der Waals surface area contributed by atoms with Gasteiger partial charge in [0.25, 0.3) is 0 Å². The van der Waals surface area contributed by atoms with Crippen LogP contribution >= 0.6 is 0 Å². The minimum absolute atomic E-state index is 0.0119. The maximum atomic E-state index is 10.1. The molecule has 0 unspecified atom stereocenters. The second-order valence-electron chi connectivity index (χ2n) is 6.84. The van der Waals surface area contributed by atoms with E-state index >= 15 is 0 Å². The number of aliphatic hydroxyl groups excluding tert-OH is 4. The van der Waals surface area contributed by atoms with E-state index in [9.17, 15) is 30.6 Å². The smallest absolute Gasteiger partial charge is 0.229 e. The third-order valence-electron chi connectivity index (χ3n) is 4.69. The molecule has 9 heteroatoms. The molecule has 0 radical (unpaired) electrons. The van der Waals surface area contributed by atoms with Crippen LogP contribution in [0, 0.1) is 0 Å². The Morgan fingerprint density at radius 1 is 0.933 bits per heavy atom. The zero-order chi connectivity index (χ0) is 21.8. The zero-order valence-corrected chi connectivity index (χ0v) is 16.1. The van der Waals surface area contributed by atoms with Crippen molar-refractivity contribution in [3.8, 4) is 23.0 Å². The van der Waals surface area contributed by atoms with Gasteiger partial charge < -0.3 is 44.8 Å². The molecule has 2 aromatic carbocycles. The number of aromatic hydroxyl groups is 2. The molecule has 6 N–H and O–H groups in total. The molecule has 1 fully saturated rings. The molecular weight excluding hydrogens is 396 g/mol. The molecule has 1 heterocycles. The minimum atomic E-state index is -1.57. The highest BCUT2D eigenvalue weighted by Gasteiger charge is 2.44. The van der Waals surface area contributed by atoms with Gasteiger partial charge in [0.05, 0.1) is 13.7 Å². The number of aliphatic hydroxyl groups is 4. The Kier molecular flexibility index (Phi) is 6.80. The summed E-state index contributed by atoms with van der Waals surface area (Å²) in [6.07, 6.45) is -3.72. The highest BCUT2D eigenvalue weighted by molar-refractivity contribution is 5.72. The van der Waals surface area contributed by atoms with E-state index in [-0.39, 0.29) is 17.2 Å². The molecule has 0 spiro atoms. The molecule has 0 aromatic heterocycles. The predicted octanol–water partition coefficient (Wildman–Crippen LogP) is 0.455. The van der Waals surface area contributed by atoms with Gasteiger partial charge in [-0.15, -0.1) is 0 Å². The van der Waals surface area contributed by atoms with E-state index in [1.807, 2.05) is 0 Å². The van der Waals surface area contributed by atoms with Gasteiger partial charge in [0, 0.05) is 6.07 Å². The number of hydrogen-bond donors (Lipinski definition) is 6. The first-order valence-electron chi connectivity index (χ1n) is 9.18. The second-order valence-corrected chi connectivity index (χ2v) is 6.84. The van der Waals surface area contributed by atoms with Gasteiger partial charge in [0.15, 0.2) is 11.5 Å². The monoisotopic (exact) mass is 420 g/mol. The summed E-state index contributed by atoms with van der Waals surface area (Å²) in [5.41, 5.74) is 1.23. The molecule has 3 rings (SSSR count). The molecular formula is C21H24O9. The standard InChI is InChI=1S/C21H24O9/c1-28-16-5-4-11(8-15(16)24)2-3-12-6-13(23)9-14(7-12)29-21-20(27)19(26)18(25)17(10-22)30-21/h2-9,17-27H,10H2,1H3/b3-2-/t17-,18+,19-,20+,21-/m0/s1. The van der Waals surface area contributed by atoms with Crippen LogP contribution in [0.4, 0.5) is 0 Å². The van der Waals surface area contributed by atoms with E-state index in [1.54, 1.807) is 30.4 Å². The number of methoxy groups -OCH3 is 1. The summed E-state index contributed by atoms with van der Waals surface area (Å²) >= 11 is 0. The summed E-state index contributed by atoms with van der Waals surface area (Å²) in [6, 6.07) is 9.19. The summed E-state index contributed by atoms with van der Waals surface area (Å²) in [7, 11) is 1.45. The Morgan fingerprint density at radius 3 is 2.33 bits per heavy atom. The van der Waals surface area contributed by atoms with Gasteiger partial charge in [-0.05, 0) is 35.4 Å². The Hall–Kier alpha value is -2.82. The van der Waals surface area contributed by atoms with E-state index in [4.69, 9.17) is 14.2 Å². The second kappa shape index (κ2) is 9.33. The van der Waals surface area contributed by atoms with Crippen LogP contribution in [0.2, 0.25) is 0 Å². The van der Waals surface area contributed by atoms with Crippen LogP contribution in [0.3, 0.4) is 0 Å². The highest BCUT2D eigenvalue weighted by atomic mass is 16.7. The van der Waals surface area contributed by atoms with Crippen LogP contribution in [0.15, 0.2) is 36.4 Å². The van der Waals surface area contributed by atoms with Crippen molar-refractivity contribution in [1.29, 1.82) is 0 Å². The van der Waals surface area contributed by atoms with Gasteiger partial charge in [-0.3, -0.25) is 0 Å². The lowest BCUT2D eigenvalue weighted by Gasteiger charge is -2.39. The van der Waals surface area contributed by atoms with Crippen LogP contribution in [-0.2, 0) is 4.74 Å². The Morgan fingerprint density at radius 2 is 1.67 bits per heavy atom.